The molecule has 1 saturated carbocycles. The van der Waals surface area contributed by atoms with Gasteiger partial charge in [0.25, 0.3) is 0 Å². The second-order valence-electron chi connectivity index (χ2n) is 4.99. The van der Waals surface area contributed by atoms with Crippen LogP contribution in [0.15, 0.2) is 30.5 Å². The van der Waals surface area contributed by atoms with Crippen LogP contribution >= 0.6 is 0 Å². The molecule has 2 aromatic rings. The summed E-state index contributed by atoms with van der Waals surface area (Å²) in [5, 5.41) is 0. The third-order valence-corrected chi connectivity index (χ3v) is 3.71. The topological polar surface area (TPSA) is 54.7 Å². The number of benzene rings is 1. The number of aromatic amines is 1. The van der Waals surface area contributed by atoms with Gasteiger partial charge in [0.15, 0.2) is 0 Å². The van der Waals surface area contributed by atoms with Crippen molar-refractivity contribution in [3.05, 3.63) is 42.1 Å². The maximum absolute atomic E-state index is 13.7. The first kappa shape index (κ1) is 11.4. The van der Waals surface area contributed by atoms with Crippen molar-refractivity contribution < 1.29 is 4.39 Å². The number of nitrogens with one attached hydrogen (secondary N) is 1. The number of halogens is 1. The number of rotatable bonds is 2. The average Bonchev–Trinajstić information content (AvgIpc) is 2.99. The number of nitrogens with two attached hydrogens (primary N) is 1. The van der Waals surface area contributed by atoms with Gasteiger partial charge >= 0.3 is 0 Å². The monoisotopic (exact) mass is 245 g/mol. The third-order valence-electron chi connectivity index (χ3n) is 3.71. The van der Waals surface area contributed by atoms with Crippen molar-refractivity contribution >= 4 is 0 Å². The summed E-state index contributed by atoms with van der Waals surface area (Å²) in [4.78, 5) is 7.52. The molecule has 0 atom stereocenters. The zero-order chi connectivity index (χ0) is 12.6. The number of H-pyrrole nitrogens is 1. The van der Waals surface area contributed by atoms with E-state index in [9.17, 15) is 4.39 Å². The fourth-order valence-electron chi connectivity index (χ4n) is 2.63. The fourth-order valence-corrected chi connectivity index (χ4v) is 2.63. The quantitative estimate of drug-likeness (QED) is 0.854. The van der Waals surface area contributed by atoms with Gasteiger partial charge in [0.2, 0.25) is 0 Å². The number of aromatic nitrogens is 2. The van der Waals surface area contributed by atoms with Gasteiger partial charge in [-0.3, -0.25) is 0 Å². The van der Waals surface area contributed by atoms with Crippen LogP contribution in [-0.4, -0.2) is 9.97 Å². The van der Waals surface area contributed by atoms with E-state index in [4.69, 9.17) is 5.73 Å². The molecule has 3 N–H and O–H groups in total. The van der Waals surface area contributed by atoms with Crippen molar-refractivity contribution in [2.24, 2.45) is 5.73 Å². The molecule has 0 radical (unpaired) electrons. The highest BCUT2D eigenvalue weighted by Gasteiger charge is 2.34. The standard InChI is InChI=1S/C14H16FN3/c15-11-6-2-1-5-10(11)12-9-17-13(18-12)14(16)7-3-4-8-14/h1-2,5-6,9H,3-4,7-8,16H2,(H,17,18). The van der Waals surface area contributed by atoms with E-state index in [1.165, 1.54) is 6.07 Å². The number of hydrogen-bond acceptors (Lipinski definition) is 2. The first-order valence-corrected chi connectivity index (χ1v) is 6.28. The van der Waals surface area contributed by atoms with Gasteiger partial charge in [-0.1, -0.05) is 25.0 Å². The van der Waals surface area contributed by atoms with E-state index in [0.717, 1.165) is 31.5 Å². The Bertz CT molecular complexity index is 556. The second-order valence-corrected chi connectivity index (χ2v) is 4.99. The summed E-state index contributed by atoms with van der Waals surface area (Å²) in [5.41, 5.74) is 7.20. The number of nitrogens with zero attached hydrogens (tertiary/aromatic N) is 1. The molecule has 0 unspecified atom stereocenters. The summed E-state index contributed by atoms with van der Waals surface area (Å²) in [6.45, 7) is 0. The molecule has 94 valence electrons. The van der Waals surface area contributed by atoms with Crippen molar-refractivity contribution in [3.8, 4) is 11.3 Å². The van der Waals surface area contributed by atoms with Crippen molar-refractivity contribution in [1.29, 1.82) is 0 Å². The van der Waals surface area contributed by atoms with Gasteiger partial charge in [-0.25, -0.2) is 9.37 Å². The second kappa shape index (κ2) is 4.21. The largest absolute Gasteiger partial charge is 0.340 e. The highest BCUT2D eigenvalue weighted by Crippen LogP contribution is 2.35. The number of imidazole rings is 1. The highest BCUT2D eigenvalue weighted by molar-refractivity contribution is 5.59. The van der Waals surface area contributed by atoms with Gasteiger partial charge in [0.1, 0.15) is 11.6 Å². The Morgan fingerprint density at radius 2 is 1.94 bits per heavy atom. The summed E-state index contributed by atoms with van der Waals surface area (Å²) in [6.07, 6.45) is 5.81. The lowest BCUT2D eigenvalue weighted by atomic mass is 9.99. The first-order chi connectivity index (χ1) is 8.69. The summed E-state index contributed by atoms with van der Waals surface area (Å²) in [7, 11) is 0. The van der Waals surface area contributed by atoms with Crippen LogP contribution in [0, 0.1) is 5.82 Å². The van der Waals surface area contributed by atoms with E-state index in [1.807, 2.05) is 6.07 Å². The SMILES string of the molecule is NC1(c2ncc(-c3ccccc3F)[nH]2)CCCC1. The molecule has 0 spiro atoms. The molecule has 3 rings (SSSR count). The molecular weight excluding hydrogens is 229 g/mol. The van der Waals surface area contributed by atoms with Crippen LogP contribution < -0.4 is 5.73 Å². The first-order valence-electron chi connectivity index (χ1n) is 6.28. The molecular formula is C14H16FN3. The molecule has 1 fully saturated rings. The predicted molar refractivity (Wildman–Crippen MR) is 68.3 cm³/mol. The summed E-state index contributed by atoms with van der Waals surface area (Å²) < 4.78 is 13.7. The average molecular weight is 245 g/mol. The van der Waals surface area contributed by atoms with Crippen LogP contribution in [0.3, 0.4) is 0 Å². The molecule has 18 heavy (non-hydrogen) atoms. The molecule has 0 saturated heterocycles. The zero-order valence-electron chi connectivity index (χ0n) is 10.1. The van der Waals surface area contributed by atoms with E-state index in [0.29, 0.717) is 11.3 Å². The minimum atomic E-state index is -0.358. The zero-order valence-corrected chi connectivity index (χ0v) is 10.1. The maximum Gasteiger partial charge on any atom is 0.132 e. The minimum absolute atomic E-state index is 0.245. The molecule has 4 heteroatoms. The molecule has 3 nitrogen and oxygen atoms in total. The van der Waals surface area contributed by atoms with Crippen LogP contribution in [0.2, 0.25) is 0 Å². The van der Waals surface area contributed by atoms with E-state index in [2.05, 4.69) is 9.97 Å². The van der Waals surface area contributed by atoms with Gasteiger partial charge in [0.05, 0.1) is 17.4 Å². The van der Waals surface area contributed by atoms with Gasteiger partial charge in [-0.2, -0.15) is 0 Å². The highest BCUT2D eigenvalue weighted by atomic mass is 19.1. The van der Waals surface area contributed by atoms with E-state index in [1.54, 1.807) is 18.3 Å². The van der Waals surface area contributed by atoms with E-state index in [-0.39, 0.29) is 11.4 Å². The lowest BCUT2D eigenvalue weighted by Crippen LogP contribution is -2.34. The molecule has 1 heterocycles. The summed E-state index contributed by atoms with van der Waals surface area (Å²) >= 11 is 0. The molecule has 1 aliphatic carbocycles. The van der Waals surface area contributed by atoms with Gasteiger partial charge < -0.3 is 10.7 Å². The van der Waals surface area contributed by atoms with Crippen molar-refractivity contribution in [2.45, 2.75) is 31.2 Å². The third kappa shape index (κ3) is 1.82. The maximum atomic E-state index is 13.7. The van der Waals surface area contributed by atoms with Crippen LogP contribution in [0.1, 0.15) is 31.5 Å². The molecule has 1 aromatic carbocycles. The smallest absolute Gasteiger partial charge is 0.132 e. The van der Waals surface area contributed by atoms with Gasteiger partial charge in [-0.15, -0.1) is 0 Å². The van der Waals surface area contributed by atoms with Crippen molar-refractivity contribution in [2.75, 3.05) is 0 Å². The normalized spacial score (nSPS) is 18.1. The molecule has 1 aliphatic rings. The minimum Gasteiger partial charge on any atom is -0.340 e. The lowest BCUT2D eigenvalue weighted by Gasteiger charge is -2.20. The Hall–Kier alpha value is -1.68. The summed E-state index contributed by atoms with van der Waals surface area (Å²) in [5.74, 6) is 0.531. The molecule has 0 aliphatic heterocycles. The van der Waals surface area contributed by atoms with E-state index < -0.39 is 0 Å². The Morgan fingerprint density at radius 1 is 1.22 bits per heavy atom. The Morgan fingerprint density at radius 3 is 2.67 bits per heavy atom. The Kier molecular flexibility index (Phi) is 2.67. The molecule has 1 aromatic heterocycles. The van der Waals surface area contributed by atoms with Crippen molar-refractivity contribution in [3.63, 3.8) is 0 Å². The van der Waals surface area contributed by atoms with Gasteiger partial charge in [-0.05, 0) is 25.0 Å². The lowest BCUT2D eigenvalue weighted by molar-refractivity contribution is 0.436. The van der Waals surface area contributed by atoms with Crippen LogP contribution in [-0.2, 0) is 5.54 Å². The summed E-state index contributed by atoms with van der Waals surface area (Å²) in [6, 6.07) is 6.68. The fraction of sp³-hybridized carbons (Fsp3) is 0.357. The van der Waals surface area contributed by atoms with Gasteiger partial charge in [0, 0.05) is 5.56 Å². The molecule has 0 bridgehead atoms. The van der Waals surface area contributed by atoms with Crippen LogP contribution in [0.5, 0.6) is 0 Å². The number of hydrogen-bond donors (Lipinski definition) is 2. The molecule has 0 amide bonds. The van der Waals surface area contributed by atoms with Crippen LogP contribution in [0.4, 0.5) is 4.39 Å². The predicted octanol–water partition coefficient (Wildman–Crippen LogP) is 2.94. The van der Waals surface area contributed by atoms with Crippen molar-refractivity contribution in [1.82, 2.24) is 9.97 Å². The van der Waals surface area contributed by atoms with Crippen LogP contribution in [0.25, 0.3) is 11.3 Å². The Labute approximate surface area is 105 Å². The van der Waals surface area contributed by atoms with E-state index >= 15 is 0 Å². The Balaban J connectivity index is 1.97.